The van der Waals surface area contributed by atoms with Crippen molar-refractivity contribution in [2.75, 3.05) is 5.43 Å². The van der Waals surface area contributed by atoms with Crippen molar-refractivity contribution in [3.8, 4) is 11.3 Å². The van der Waals surface area contributed by atoms with Crippen LogP contribution in [0.15, 0.2) is 46.8 Å². The highest BCUT2D eigenvalue weighted by Crippen LogP contribution is 2.30. The summed E-state index contributed by atoms with van der Waals surface area (Å²) in [5, 5.41) is 7.33. The molecule has 0 atom stereocenters. The zero-order valence-electron chi connectivity index (χ0n) is 12.2. The Hall–Kier alpha value is -1.51. The Morgan fingerprint density at radius 3 is 2.83 bits per heavy atom. The number of benzene rings is 1. The monoisotopic (exact) mass is 455 g/mol. The van der Waals surface area contributed by atoms with E-state index in [1.807, 2.05) is 26.0 Å². The lowest BCUT2D eigenvalue weighted by Crippen LogP contribution is -2.03. The Balaban J connectivity index is 2.08. The first-order valence-corrected chi connectivity index (χ1v) is 9.06. The lowest BCUT2D eigenvalue weighted by molar-refractivity contribution is 0.561. The van der Waals surface area contributed by atoms with Gasteiger partial charge in [-0.25, -0.2) is 9.78 Å². The van der Waals surface area contributed by atoms with Gasteiger partial charge in [0.2, 0.25) is 5.13 Å². The number of thiazole rings is 1. The fraction of sp³-hybridized carbons (Fsp3) is 0.133. The first-order valence-electron chi connectivity index (χ1n) is 6.60. The predicted molar refractivity (Wildman–Crippen MR) is 101 cm³/mol. The summed E-state index contributed by atoms with van der Waals surface area (Å²) in [7, 11) is 0. The molecular formula is C15H11Br2N3O2S. The van der Waals surface area contributed by atoms with Crippen LogP contribution in [0.1, 0.15) is 13.8 Å². The van der Waals surface area contributed by atoms with Gasteiger partial charge in [0.1, 0.15) is 0 Å². The van der Waals surface area contributed by atoms with Crippen molar-refractivity contribution in [1.29, 1.82) is 0 Å². The average Bonchev–Trinajstić information content (AvgIpc) is 2.94. The largest absolute Gasteiger partial charge is 0.421 e. The van der Waals surface area contributed by atoms with Crippen molar-refractivity contribution >= 4 is 65.0 Å². The number of rotatable bonds is 3. The number of nitrogens with zero attached hydrogens (tertiary/aromatic N) is 2. The minimum atomic E-state index is -0.424. The molecule has 118 valence electrons. The maximum atomic E-state index is 12.3. The summed E-state index contributed by atoms with van der Waals surface area (Å²) in [6.07, 6.45) is 0. The lowest BCUT2D eigenvalue weighted by Gasteiger charge is -2.03. The van der Waals surface area contributed by atoms with E-state index in [1.165, 1.54) is 11.3 Å². The molecule has 23 heavy (non-hydrogen) atoms. The Labute approximate surface area is 152 Å². The standard InChI is InChI=1S/C15H11Br2N3O2S/c1-7(2)19-20-15-18-12(6-23-15)10-4-8-3-9(16)5-11(17)13(8)22-14(10)21/h3-6H,1-2H3,(H,18,20). The smallest absolute Gasteiger partial charge is 0.345 e. The van der Waals surface area contributed by atoms with Gasteiger partial charge in [-0.15, -0.1) is 11.3 Å². The Kier molecular flexibility index (Phi) is 4.65. The number of hydrogen-bond donors (Lipinski definition) is 1. The second-order valence-corrected chi connectivity index (χ2v) is 7.59. The van der Waals surface area contributed by atoms with E-state index >= 15 is 0 Å². The van der Waals surface area contributed by atoms with Gasteiger partial charge in [-0.3, -0.25) is 5.43 Å². The van der Waals surface area contributed by atoms with Crippen LogP contribution in [0.3, 0.4) is 0 Å². The molecule has 1 aromatic carbocycles. The van der Waals surface area contributed by atoms with E-state index in [4.69, 9.17) is 4.42 Å². The summed E-state index contributed by atoms with van der Waals surface area (Å²) in [6.45, 7) is 3.77. The van der Waals surface area contributed by atoms with Gasteiger partial charge >= 0.3 is 5.63 Å². The molecule has 2 aromatic heterocycles. The van der Waals surface area contributed by atoms with Gasteiger partial charge in [0.25, 0.3) is 0 Å². The molecule has 0 aliphatic rings. The third-order valence-electron chi connectivity index (χ3n) is 2.91. The van der Waals surface area contributed by atoms with Crippen LogP contribution in [-0.2, 0) is 0 Å². The quantitative estimate of drug-likeness (QED) is 0.332. The first kappa shape index (κ1) is 16.4. The highest BCUT2D eigenvalue weighted by atomic mass is 79.9. The van der Waals surface area contributed by atoms with Gasteiger partial charge in [0, 0.05) is 21.0 Å². The van der Waals surface area contributed by atoms with Crippen LogP contribution in [-0.4, -0.2) is 10.7 Å². The van der Waals surface area contributed by atoms with Crippen LogP contribution in [0.25, 0.3) is 22.2 Å². The first-order chi connectivity index (χ1) is 10.9. The van der Waals surface area contributed by atoms with Crippen LogP contribution in [0.4, 0.5) is 5.13 Å². The summed E-state index contributed by atoms with van der Waals surface area (Å²) < 4.78 is 7.05. The molecule has 0 spiro atoms. The Morgan fingerprint density at radius 2 is 2.09 bits per heavy atom. The molecule has 0 saturated carbocycles. The van der Waals surface area contributed by atoms with Crippen LogP contribution in [0.2, 0.25) is 0 Å². The number of nitrogens with one attached hydrogen (secondary N) is 1. The number of aromatic nitrogens is 1. The maximum Gasteiger partial charge on any atom is 0.345 e. The highest BCUT2D eigenvalue weighted by molar-refractivity contribution is 9.11. The minimum Gasteiger partial charge on any atom is -0.421 e. The van der Waals surface area contributed by atoms with E-state index < -0.39 is 5.63 Å². The number of hydrazone groups is 1. The summed E-state index contributed by atoms with van der Waals surface area (Å²) in [5.74, 6) is 0. The number of anilines is 1. The maximum absolute atomic E-state index is 12.3. The van der Waals surface area contributed by atoms with Gasteiger partial charge in [-0.1, -0.05) is 15.9 Å². The summed E-state index contributed by atoms with van der Waals surface area (Å²) >= 11 is 8.21. The van der Waals surface area contributed by atoms with Crippen molar-refractivity contribution in [2.24, 2.45) is 5.10 Å². The summed E-state index contributed by atoms with van der Waals surface area (Å²) in [6, 6.07) is 5.51. The van der Waals surface area contributed by atoms with E-state index in [-0.39, 0.29) is 0 Å². The normalized spacial score (nSPS) is 10.8. The van der Waals surface area contributed by atoms with E-state index in [1.54, 1.807) is 11.4 Å². The van der Waals surface area contributed by atoms with E-state index in [2.05, 4.69) is 47.4 Å². The van der Waals surface area contributed by atoms with Gasteiger partial charge in [-0.05, 0) is 48.0 Å². The third-order valence-corrected chi connectivity index (χ3v) is 4.70. The van der Waals surface area contributed by atoms with Gasteiger partial charge in [0.15, 0.2) is 5.58 Å². The van der Waals surface area contributed by atoms with Crippen molar-refractivity contribution in [3.05, 3.63) is 42.9 Å². The molecule has 0 aliphatic heterocycles. The number of hydrogen-bond acceptors (Lipinski definition) is 6. The molecule has 0 radical (unpaired) electrons. The van der Waals surface area contributed by atoms with Crippen LogP contribution in [0, 0.1) is 0 Å². The van der Waals surface area contributed by atoms with Crippen molar-refractivity contribution in [2.45, 2.75) is 13.8 Å². The third kappa shape index (κ3) is 3.54. The second kappa shape index (κ2) is 6.54. The fourth-order valence-corrected chi connectivity index (χ4v) is 3.94. The molecule has 0 amide bonds. The molecule has 0 aliphatic carbocycles. The molecule has 8 heteroatoms. The Bertz CT molecular complexity index is 975. The van der Waals surface area contributed by atoms with Crippen molar-refractivity contribution < 1.29 is 4.42 Å². The summed E-state index contributed by atoms with van der Waals surface area (Å²) in [5.41, 5.74) is 4.82. The molecule has 3 aromatic rings. The van der Waals surface area contributed by atoms with E-state index in [0.717, 1.165) is 20.0 Å². The molecule has 2 heterocycles. The van der Waals surface area contributed by atoms with Crippen LogP contribution < -0.4 is 11.1 Å². The van der Waals surface area contributed by atoms with E-state index in [0.29, 0.717) is 22.0 Å². The van der Waals surface area contributed by atoms with Gasteiger partial charge in [-0.2, -0.15) is 5.10 Å². The van der Waals surface area contributed by atoms with Crippen LogP contribution >= 0.6 is 43.2 Å². The topological polar surface area (TPSA) is 67.5 Å². The second-order valence-electron chi connectivity index (χ2n) is 4.96. The molecule has 1 N–H and O–H groups in total. The highest BCUT2D eigenvalue weighted by Gasteiger charge is 2.13. The van der Waals surface area contributed by atoms with Crippen molar-refractivity contribution in [3.63, 3.8) is 0 Å². The minimum absolute atomic E-state index is 0.420. The number of halogens is 2. The molecule has 0 fully saturated rings. The number of fused-ring (bicyclic) bond motifs is 1. The molecule has 5 nitrogen and oxygen atoms in total. The van der Waals surface area contributed by atoms with E-state index in [9.17, 15) is 4.79 Å². The zero-order valence-corrected chi connectivity index (χ0v) is 16.2. The molecular weight excluding hydrogens is 446 g/mol. The summed E-state index contributed by atoms with van der Waals surface area (Å²) in [4.78, 5) is 16.6. The lowest BCUT2D eigenvalue weighted by atomic mass is 10.1. The van der Waals surface area contributed by atoms with Crippen LogP contribution in [0.5, 0.6) is 0 Å². The molecule has 0 bridgehead atoms. The van der Waals surface area contributed by atoms with Gasteiger partial charge < -0.3 is 4.42 Å². The fourth-order valence-electron chi connectivity index (χ4n) is 1.94. The van der Waals surface area contributed by atoms with Gasteiger partial charge in [0.05, 0.1) is 15.7 Å². The molecule has 0 saturated heterocycles. The zero-order chi connectivity index (χ0) is 16.6. The Morgan fingerprint density at radius 1 is 1.30 bits per heavy atom. The average molecular weight is 457 g/mol. The molecule has 0 unspecified atom stereocenters. The molecule has 3 rings (SSSR count). The predicted octanol–water partition coefficient (Wildman–Crippen LogP) is 5.25. The SMILES string of the molecule is CC(C)=NNc1nc(-c2cc3cc(Br)cc(Br)c3oc2=O)cs1. The van der Waals surface area contributed by atoms with Crippen molar-refractivity contribution in [1.82, 2.24) is 4.98 Å².